The number of barbiturate groups is 1. The van der Waals surface area contributed by atoms with Gasteiger partial charge in [0.25, 0.3) is 11.8 Å². The summed E-state index contributed by atoms with van der Waals surface area (Å²) >= 11 is 1.53. The number of rotatable bonds is 3. The van der Waals surface area contributed by atoms with E-state index in [1.807, 2.05) is 44.4 Å². The minimum atomic E-state index is -0.773. The molecule has 0 spiro atoms. The molecule has 4 amide bonds. The highest BCUT2D eigenvalue weighted by Crippen LogP contribution is 2.34. The molecule has 0 bridgehead atoms. The number of anilines is 1. The number of aryl methyl sites for hydroxylation is 3. The van der Waals surface area contributed by atoms with Gasteiger partial charge in [0.05, 0.1) is 11.3 Å². The summed E-state index contributed by atoms with van der Waals surface area (Å²) in [5.41, 5.74) is 4.91. The third-order valence-corrected chi connectivity index (χ3v) is 7.10. The van der Waals surface area contributed by atoms with Crippen LogP contribution in [0.3, 0.4) is 0 Å². The van der Waals surface area contributed by atoms with Crippen LogP contribution < -0.4 is 10.2 Å². The number of amides is 4. The quantitative estimate of drug-likeness (QED) is 0.458. The molecule has 33 heavy (non-hydrogen) atoms. The predicted octanol–water partition coefficient (Wildman–Crippen LogP) is 4.62. The summed E-state index contributed by atoms with van der Waals surface area (Å²) in [7, 11) is 0. The topological polar surface area (TPSA) is 95.2 Å². The Hall–Kier alpha value is -3.96. The number of nitriles is 1. The monoisotopic (exact) mass is 458 g/mol. The van der Waals surface area contributed by atoms with Gasteiger partial charge in [-0.2, -0.15) is 5.26 Å². The number of thiophene rings is 1. The summed E-state index contributed by atoms with van der Waals surface area (Å²) < 4.78 is 1.96. The number of para-hydroxylation sites is 1. The molecule has 3 heterocycles. The minimum Gasteiger partial charge on any atom is -0.308 e. The largest absolute Gasteiger partial charge is 0.335 e. The number of carbonyl (C=O) groups excluding carboxylic acids is 3. The van der Waals surface area contributed by atoms with Gasteiger partial charge in [-0.3, -0.25) is 14.9 Å². The molecule has 1 N–H and O–H groups in total. The van der Waals surface area contributed by atoms with Crippen molar-refractivity contribution in [3.8, 4) is 11.1 Å². The summed E-state index contributed by atoms with van der Waals surface area (Å²) in [4.78, 5) is 40.4. The molecule has 0 aliphatic carbocycles. The van der Waals surface area contributed by atoms with Crippen LogP contribution in [0.2, 0.25) is 0 Å². The van der Waals surface area contributed by atoms with E-state index >= 15 is 0 Å². The molecule has 4 rings (SSSR count). The first-order chi connectivity index (χ1) is 15.6. The number of nitrogens with zero attached hydrogens (tertiary/aromatic N) is 3. The van der Waals surface area contributed by atoms with Crippen LogP contribution in [0.4, 0.5) is 10.5 Å². The Morgan fingerprint density at radius 3 is 2.42 bits per heavy atom. The maximum absolute atomic E-state index is 13.3. The van der Waals surface area contributed by atoms with Crippen molar-refractivity contribution >= 4 is 40.9 Å². The van der Waals surface area contributed by atoms with Crippen LogP contribution in [-0.2, 0) is 9.59 Å². The molecule has 0 unspecified atom stereocenters. The van der Waals surface area contributed by atoms with Crippen LogP contribution in [0, 0.1) is 45.9 Å². The predicted molar refractivity (Wildman–Crippen MR) is 127 cm³/mol. The highest BCUT2D eigenvalue weighted by Gasteiger charge is 2.37. The normalized spacial score (nSPS) is 15.2. The summed E-state index contributed by atoms with van der Waals surface area (Å²) in [6.45, 7) is 9.48. The first-order valence-electron chi connectivity index (χ1n) is 10.3. The number of nitrogens with one attached hydrogen (secondary N) is 1. The fourth-order valence-corrected chi connectivity index (χ4v) is 5.21. The van der Waals surface area contributed by atoms with Gasteiger partial charge in [-0.25, -0.2) is 9.69 Å². The summed E-state index contributed by atoms with van der Waals surface area (Å²) in [5.74, 6) is -1.41. The number of imide groups is 2. The Morgan fingerprint density at radius 1 is 1.06 bits per heavy atom. The molecule has 0 radical (unpaired) electrons. The molecule has 1 fully saturated rings. The van der Waals surface area contributed by atoms with Gasteiger partial charge in [0.15, 0.2) is 0 Å². The molecular weight excluding hydrogens is 436 g/mol. The SMILES string of the molecule is Cc1ccccc1N1C(=O)NC(=O)C(=Cc2cc(C)n(-c3sc(C)c(C)c3C#N)c2C)C1=O. The molecule has 1 saturated heterocycles. The van der Waals surface area contributed by atoms with Crippen molar-refractivity contribution in [3.05, 3.63) is 74.4 Å². The van der Waals surface area contributed by atoms with Crippen LogP contribution in [0.1, 0.15) is 38.5 Å². The van der Waals surface area contributed by atoms with Gasteiger partial charge < -0.3 is 4.57 Å². The molecule has 0 atom stereocenters. The average molecular weight is 459 g/mol. The zero-order chi connectivity index (χ0) is 24.0. The lowest BCUT2D eigenvalue weighted by molar-refractivity contribution is -0.122. The van der Waals surface area contributed by atoms with Crippen LogP contribution in [0.5, 0.6) is 0 Å². The van der Waals surface area contributed by atoms with Crippen molar-refractivity contribution in [2.24, 2.45) is 0 Å². The maximum Gasteiger partial charge on any atom is 0.335 e. The molecular formula is C25H22N4O3S. The van der Waals surface area contributed by atoms with E-state index in [2.05, 4.69) is 11.4 Å². The zero-order valence-corrected chi connectivity index (χ0v) is 19.8. The van der Waals surface area contributed by atoms with E-state index < -0.39 is 17.8 Å². The van der Waals surface area contributed by atoms with E-state index in [0.717, 1.165) is 37.3 Å². The molecule has 2 aromatic heterocycles. The molecule has 166 valence electrons. The maximum atomic E-state index is 13.3. The second-order valence-corrected chi connectivity index (χ2v) is 9.18. The van der Waals surface area contributed by atoms with Crippen LogP contribution >= 0.6 is 11.3 Å². The second-order valence-electron chi connectivity index (χ2n) is 7.98. The van der Waals surface area contributed by atoms with Gasteiger partial charge >= 0.3 is 6.03 Å². The van der Waals surface area contributed by atoms with Crippen molar-refractivity contribution in [2.45, 2.75) is 34.6 Å². The first kappa shape index (κ1) is 22.2. The Labute approximate surface area is 195 Å². The van der Waals surface area contributed by atoms with E-state index in [4.69, 9.17) is 0 Å². The first-order valence-corrected chi connectivity index (χ1v) is 11.1. The van der Waals surface area contributed by atoms with E-state index in [1.54, 1.807) is 25.1 Å². The molecule has 1 aliphatic rings. The fourth-order valence-electron chi connectivity index (χ4n) is 3.99. The average Bonchev–Trinajstić information content (AvgIpc) is 3.20. The van der Waals surface area contributed by atoms with Crippen LogP contribution in [0.15, 0.2) is 35.9 Å². The van der Waals surface area contributed by atoms with Gasteiger partial charge in [-0.15, -0.1) is 11.3 Å². The molecule has 3 aromatic rings. The summed E-state index contributed by atoms with van der Waals surface area (Å²) in [6.07, 6.45) is 1.51. The van der Waals surface area contributed by atoms with Gasteiger partial charge in [-0.05, 0) is 69.5 Å². The van der Waals surface area contributed by atoms with E-state index in [9.17, 15) is 19.6 Å². The highest BCUT2D eigenvalue weighted by molar-refractivity contribution is 7.14. The third-order valence-electron chi connectivity index (χ3n) is 5.91. The molecule has 7 nitrogen and oxygen atoms in total. The molecule has 1 aromatic carbocycles. The Morgan fingerprint density at radius 2 is 1.76 bits per heavy atom. The number of benzene rings is 1. The second kappa shape index (κ2) is 8.19. The number of hydrogen-bond donors (Lipinski definition) is 1. The fraction of sp³-hybridized carbons (Fsp3) is 0.200. The van der Waals surface area contributed by atoms with Gasteiger partial charge in [0.1, 0.15) is 16.6 Å². The minimum absolute atomic E-state index is 0.128. The zero-order valence-electron chi connectivity index (χ0n) is 18.9. The highest BCUT2D eigenvalue weighted by atomic mass is 32.1. The summed E-state index contributed by atoms with van der Waals surface area (Å²) in [5, 5.41) is 12.8. The number of hydrogen-bond acceptors (Lipinski definition) is 5. The van der Waals surface area contributed by atoms with Crippen molar-refractivity contribution < 1.29 is 14.4 Å². The standard InChI is InChI=1S/C25H22N4O3S/c1-13-8-6-7-9-21(13)29-23(31)19(22(30)27-25(29)32)11-18-10-14(2)28(16(18)4)24-20(12-26)15(3)17(5)33-24/h6-11H,1-5H3,(H,27,30,32). The number of aromatic nitrogens is 1. The lowest BCUT2D eigenvalue weighted by Crippen LogP contribution is -2.54. The lowest BCUT2D eigenvalue weighted by Gasteiger charge is -2.27. The lowest BCUT2D eigenvalue weighted by atomic mass is 10.1. The van der Waals surface area contributed by atoms with Crippen molar-refractivity contribution in [1.82, 2.24) is 9.88 Å². The molecule has 8 heteroatoms. The summed E-state index contributed by atoms with van der Waals surface area (Å²) in [6, 6.07) is 10.4. The Balaban J connectivity index is 1.82. The van der Waals surface area contributed by atoms with Gasteiger partial charge in [-0.1, -0.05) is 18.2 Å². The Kier molecular flexibility index (Phi) is 5.52. The molecule has 1 aliphatic heterocycles. The van der Waals surface area contributed by atoms with E-state index in [1.165, 1.54) is 17.4 Å². The molecule has 0 saturated carbocycles. The van der Waals surface area contributed by atoms with E-state index in [0.29, 0.717) is 16.8 Å². The third kappa shape index (κ3) is 3.56. The smallest absolute Gasteiger partial charge is 0.308 e. The van der Waals surface area contributed by atoms with Crippen LogP contribution in [0.25, 0.3) is 11.1 Å². The van der Waals surface area contributed by atoms with E-state index in [-0.39, 0.29) is 5.57 Å². The van der Waals surface area contributed by atoms with Crippen molar-refractivity contribution in [1.29, 1.82) is 5.26 Å². The number of carbonyl (C=O) groups is 3. The van der Waals surface area contributed by atoms with Gasteiger partial charge in [0.2, 0.25) is 0 Å². The van der Waals surface area contributed by atoms with Crippen molar-refractivity contribution in [3.63, 3.8) is 0 Å². The van der Waals surface area contributed by atoms with Crippen LogP contribution in [-0.4, -0.2) is 22.4 Å². The van der Waals surface area contributed by atoms with Crippen molar-refractivity contribution in [2.75, 3.05) is 4.90 Å². The van der Waals surface area contributed by atoms with Gasteiger partial charge in [0, 0.05) is 16.3 Å². The Bertz CT molecular complexity index is 1420. The number of urea groups is 1.